The lowest BCUT2D eigenvalue weighted by molar-refractivity contribution is -0.147. The van der Waals surface area contributed by atoms with E-state index in [0.717, 1.165) is 18.5 Å². The van der Waals surface area contributed by atoms with Crippen LogP contribution in [-0.2, 0) is 16.0 Å². The first-order valence-electron chi connectivity index (χ1n) is 4.12. The van der Waals surface area contributed by atoms with Crippen molar-refractivity contribution in [2.75, 3.05) is 5.32 Å². The monoisotopic (exact) mass is 214 g/mol. The summed E-state index contributed by atoms with van der Waals surface area (Å²) in [6, 6.07) is 0. The van der Waals surface area contributed by atoms with Gasteiger partial charge in [-0.3, -0.25) is 10.1 Å². The van der Waals surface area contributed by atoms with Crippen LogP contribution in [0, 0.1) is 0 Å². The fraction of sp³-hybridized carbons (Fsp3) is 0.375. The average molecular weight is 214 g/mol. The third kappa shape index (κ3) is 2.81. The molecule has 0 atom stereocenters. The van der Waals surface area contributed by atoms with Gasteiger partial charge in [0.2, 0.25) is 0 Å². The molecule has 0 aliphatic rings. The summed E-state index contributed by atoms with van der Waals surface area (Å²) in [7, 11) is 0. The molecule has 0 aliphatic heterocycles. The quantitative estimate of drug-likeness (QED) is 0.739. The fourth-order valence-electron chi connectivity index (χ4n) is 0.886. The van der Waals surface area contributed by atoms with Crippen LogP contribution in [0.5, 0.6) is 0 Å². The van der Waals surface area contributed by atoms with E-state index in [2.05, 4.69) is 10.3 Å². The van der Waals surface area contributed by atoms with Gasteiger partial charge < -0.3 is 5.11 Å². The Bertz CT molecular complexity index is 348. The zero-order chi connectivity index (χ0) is 10.6. The van der Waals surface area contributed by atoms with Crippen LogP contribution >= 0.6 is 11.3 Å². The van der Waals surface area contributed by atoms with Crippen LogP contribution in [0.15, 0.2) is 5.38 Å². The molecule has 1 aromatic rings. The Labute approximate surface area is 84.8 Å². The summed E-state index contributed by atoms with van der Waals surface area (Å²) in [6.07, 6.45) is 1.80. The number of rotatable bonds is 3. The third-order valence-electron chi connectivity index (χ3n) is 1.47. The van der Waals surface area contributed by atoms with Crippen molar-refractivity contribution < 1.29 is 14.7 Å². The highest BCUT2D eigenvalue weighted by Gasteiger charge is 2.12. The predicted octanol–water partition coefficient (Wildman–Crippen LogP) is 1.12. The Balaban J connectivity index is 2.59. The molecule has 0 radical (unpaired) electrons. The second-order valence-corrected chi connectivity index (χ2v) is 3.51. The van der Waals surface area contributed by atoms with E-state index in [0.29, 0.717) is 5.13 Å². The second-order valence-electron chi connectivity index (χ2n) is 2.65. The minimum absolute atomic E-state index is 0.334. The molecular formula is C8H10N2O3S. The molecule has 2 N–H and O–H groups in total. The SMILES string of the molecule is CCCc1csc(NC(=O)C(=O)O)n1. The summed E-state index contributed by atoms with van der Waals surface area (Å²) in [5.41, 5.74) is 0.873. The molecule has 0 aromatic carbocycles. The van der Waals surface area contributed by atoms with Gasteiger partial charge in [-0.2, -0.15) is 0 Å². The van der Waals surface area contributed by atoms with Crippen molar-refractivity contribution in [2.24, 2.45) is 0 Å². The minimum atomic E-state index is -1.50. The zero-order valence-corrected chi connectivity index (χ0v) is 8.43. The molecule has 76 valence electrons. The minimum Gasteiger partial charge on any atom is -0.474 e. The molecule has 1 rings (SSSR count). The van der Waals surface area contributed by atoms with Gasteiger partial charge in [-0.25, -0.2) is 9.78 Å². The number of aromatic nitrogens is 1. The molecule has 1 heterocycles. The number of hydrogen-bond acceptors (Lipinski definition) is 4. The summed E-state index contributed by atoms with van der Waals surface area (Å²) in [6.45, 7) is 2.02. The van der Waals surface area contributed by atoms with E-state index in [1.165, 1.54) is 11.3 Å². The third-order valence-corrected chi connectivity index (χ3v) is 2.28. The summed E-state index contributed by atoms with van der Waals surface area (Å²) in [5.74, 6) is -2.56. The number of aliphatic carboxylic acids is 1. The van der Waals surface area contributed by atoms with Gasteiger partial charge in [-0.15, -0.1) is 11.3 Å². The molecule has 0 aliphatic carbocycles. The first-order chi connectivity index (χ1) is 6.63. The maximum Gasteiger partial charge on any atom is 0.394 e. The Kier molecular flexibility index (Phi) is 3.58. The highest BCUT2D eigenvalue weighted by molar-refractivity contribution is 7.14. The van der Waals surface area contributed by atoms with Gasteiger partial charge in [0.25, 0.3) is 0 Å². The molecule has 5 nitrogen and oxygen atoms in total. The molecule has 0 saturated heterocycles. The number of carboxylic acid groups (broad SMARTS) is 1. The molecular weight excluding hydrogens is 204 g/mol. The van der Waals surface area contributed by atoms with Crippen molar-refractivity contribution in [1.82, 2.24) is 4.98 Å². The van der Waals surface area contributed by atoms with Crippen molar-refractivity contribution in [2.45, 2.75) is 19.8 Å². The van der Waals surface area contributed by atoms with Gasteiger partial charge in [0.1, 0.15) is 0 Å². The van der Waals surface area contributed by atoms with Gasteiger partial charge in [0.05, 0.1) is 5.69 Å². The summed E-state index contributed by atoms with van der Waals surface area (Å²) >= 11 is 1.23. The lowest BCUT2D eigenvalue weighted by atomic mass is 10.3. The van der Waals surface area contributed by atoms with Crippen LogP contribution in [0.25, 0.3) is 0 Å². The number of amides is 1. The lowest BCUT2D eigenvalue weighted by Crippen LogP contribution is -2.21. The molecule has 0 saturated carbocycles. The second kappa shape index (κ2) is 4.71. The van der Waals surface area contributed by atoms with Crippen molar-refractivity contribution in [1.29, 1.82) is 0 Å². The van der Waals surface area contributed by atoms with E-state index in [4.69, 9.17) is 5.11 Å². The van der Waals surface area contributed by atoms with Gasteiger partial charge >= 0.3 is 11.9 Å². The molecule has 1 aromatic heterocycles. The van der Waals surface area contributed by atoms with Gasteiger partial charge in [-0.05, 0) is 6.42 Å². The molecule has 6 heteroatoms. The van der Waals surface area contributed by atoms with Crippen LogP contribution in [0.2, 0.25) is 0 Å². The topological polar surface area (TPSA) is 79.3 Å². The number of carboxylic acids is 1. The predicted molar refractivity (Wildman–Crippen MR) is 52.4 cm³/mol. The van der Waals surface area contributed by atoms with E-state index in [-0.39, 0.29) is 0 Å². The smallest absolute Gasteiger partial charge is 0.394 e. The number of thiazole rings is 1. The van der Waals surface area contributed by atoms with Crippen LogP contribution in [-0.4, -0.2) is 22.0 Å². The van der Waals surface area contributed by atoms with Gasteiger partial charge in [-0.1, -0.05) is 13.3 Å². The number of nitrogens with one attached hydrogen (secondary N) is 1. The Hall–Kier alpha value is -1.43. The first kappa shape index (κ1) is 10.6. The van der Waals surface area contributed by atoms with Crippen molar-refractivity contribution in [3.8, 4) is 0 Å². The first-order valence-corrected chi connectivity index (χ1v) is 5.00. The number of anilines is 1. The largest absolute Gasteiger partial charge is 0.474 e. The van der Waals surface area contributed by atoms with E-state index in [1.807, 2.05) is 6.92 Å². The number of hydrogen-bond donors (Lipinski definition) is 2. The van der Waals surface area contributed by atoms with E-state index in [1.54, 1.807) is 5.38 Å². The van der Waals surface area contributed by atoms with Crippen molar-refractivity contribution in [3.63, 3.8) is 0 Å². The molecule has 0 spiro atoms. The fourth-order valence-corrected chi connectivity index (χ4v) is 1.63. The Morgan fingerprint density at radius 1 is 1.64 bits per heavy atom. The van der Waals surface area contributed by atoms with Crippen LogP contribution in [0.3, 0.4) is 0 Å². The average Bonchev–Trinajstić information content (AvgIpc) is 2.53. The van der Waals surface area contributed by atoms with Crippen LogP contribution in [0.1, 0.15) is 19.0 Å². The van der Waals surface area contributed by atoms with Crippen LogP contribution in [0.4, 0.5) is 5.13 Å². The molecule has 0 fully saturated rings. The molecule has 14 heavy (non-hydrogen) atoms. The number of carbonyl (C=O) groups excluding carboxylic acids is 1. The maximum atomic E-state index is 10.7. The lowest BCUT2D eigenvalue weighted by Gasteiger charge is -1.94. The van der Waals surface area contributed by atoms with Gasteiger partial charge in [0.15, 0.2) is 5.13 Å². The number of nitrogens with zero attached hydrogens (tertiary/aromatic N) is 1. The highest BCUT2D eigenvalue weighted by atomic mass is 32.1. The summed E-state index contributed by atoms with van der Waals surface area (Å²) < 4.78 is 0. The Morgan fingerprint density at radius 2 is 2.36 bits per heavy atom. The maximum absolute atomic E-state index is 10.7. The molecule has 0 bridgehead atoms. The zero-order valence-electron chi connectivity index (χ0n) is 7.61. The van der Waals surface area contributed by atoms with E-state index < -0.39 is 11.9 Å². The number of aryl methyl sites for hydroxylation is 1. The summed E-state index contributed by atoms with van der Waals surface area (Å²) in [4.78, 5) is 25.0. The van der Waals surface area contributed by atoms with E-state index in [9.17, 15) is 9.59 Å². The van der Waals surface area contributed by atoms with Crippen LogP contribution < -0.4 is 5.32 Å². The van der Waals surface area contributed by atoms with E-state index >= 15 is 0 Å². The highest BCUT2D eigenvalue weighted by Crippen LogP contribution is 2.16. The van der Waals surface area contributed by atoms with Crippen molar-refractivity contribution >= 4 is 28.3 Å². The standard InChI is InChI=1S/C8H10N2O3S/c1-2-3-5-4-14-8(9-5)10-6(11)7(12)13/h4H,2-3H2,1H3,(H,12,13)(H,9,10,11). The van der Waals surface area contributed by atoms with Crippen molar-refractivity contribution in [3.05, 3.63) is 11.1 Å². The summed E-state index contributed by atoms with van der Waals surface area (Å²) in [5, 5.41) is 12.6. The molecule has 0 unspecified atom stereocenters. The van der Waals surface area contributed by atoms with Gasteiger partial charge in [0, 0.05) is 5.38 Å². The molecule has 1 amide bonds. The Morgan fingerprint density at radius 3 is 2.93 bits per heavy atom. The normalized spacial score (nSPS) is 9.79. The number of carbonyl (C=O) groups is 2.